The number of anilines is 1. The number of ether oxygens (including phenoxy) is 1. The summed E-state index contributed by atoms with van der Waals surface area (Å²) < 4.78 is 11.4. The summed E-state index contributed by atoms with van der Waals surface area (Å²) in [6.45, 7) is 0.515. The number of rotatable bonds is 4. The normalized spacial score (nSPS) is 9.83. The van der Waals surface area contributed by atoms with Gasteiger partial charge in [-0.05, 0) is 24.3 Å². The summed E-state index contributed by atoms with van der Waals surface area (Å²) in [7, 11) is 1.62. The standard InChI is InChI=1S/C13H11BrN2O2/c1-17-13-5-9(14)4-10(6-13)16-8-12-3-2-11(7-15)18-12/h2-6,16H,8H2,1H3. The zero-order valence-corrected chi connectivity index (χ0v) is 11.3. The molecule has 92 valence electrons. The van der Waals surface area contributed by atoms with E-state index in [9.17, 15) is 0 Å². The molecule has 1 N–H and O–H groups in total. The van der Waals surface area contributed by atoms with Crippen LogP contribution in [0, 0.1) is 11.3 Å². The van der Waals surface area contributed by atoms with Gasteiger partial charge in [-0.25, -0.2) is 0 Å². The van der Waals surface area contributed by atoms with Gasteiger partial charge in [-0.3, -0.25) is 0 Å². The summed E-state index contributed by atoms with van der Waals surface area (Å²) in [5.41, 5.74) is 0.913. The molecule has 18 heavy (non-hydrogen) atoms. The number of furan rings is 1. The van der Waals surface area contributed by atoms with Crippen molar-refractivity contribution in [3.05, 3.63) is 46.3 Å². The minimum Gasteiger partial charge on any atom is -0.497 e. The molecule has 1 aromatic carbocycles. The third-order valence-corrected chi connectivity index (χ3v) is 2.80. The summed E-state index contributed by atoms with van der Waals surface area (Å²) in [6, 6.07) is 11.1. The fourth-order valence-corrected chi connectivity index (χ4v) is 1.98. The molecule has 0 unspecified atom stereocenters. The smallest absolute Gasteiger partial charge is 0.203 e. The van der Waals surface area contributed by atoms with Crippen LogP contribution in [0.3, 0.4) is 0 Å². The molecular formula is C13H11BrN2O2. The average molecular weight is 307 g/mol. The van der Waals surface area contributed by atoms with Crippen molar-refractivity contribution in [2.45, 2.75) is 6.54 Å². The first-order valence-corrected chi connectivity index (χ1v) is 6.08. The van der Waals surface area contributed by atoms with E-state index in [1.54, 1.807) is 19.2 Å². The molecule has 0 aliphatic carbocycles. The quantitative estimate of drug-likeness (QED) is 0.938. The Hall–Kier alpha value is -1.93. The number of nitrogens with zero attached hydrogens (tertiary/aromatic N) is 1. The van der Waals surface area contributed by atoms with Crippen LogP contribution in [-0.4, -0.2) is 7.11 Å². The van der Waals surface area contributed by atoms with Gasteiger partial charge in [-0.1, -0.05) is 15.9 Å². The molecule has 0 atom stereocenters. The molecular weight excluding hydrogens is 296 g/mol. The van der Waals surface area contributed by atoms with Crippen molar-refractivity contribution in [1.29, 1.82) is 5.26 Å². The Morgan fingerprint density at radius 1 is 1.39 bits per heavy atom. The van der Waals surface area contributed by atoms with E-state index in [0.717, 1.165) is 15.9 Å². The number of hydrogen-bond acceptors (Lipinski definition) is 4. The number of nitrogens with one attached hydrogen (secondary N) is 1. The third kappa shape index (κ3) is 3.05. The molecule has 0 aliphatic heterocycles. The summed E-state index contributed by atoms with van der Waals surface area (Å²) in [5.74, 6) is 1.80. The van der Waals surface area contributed by atoms with Crippen LogP contribution in [0.5, 0.6) is 5.75 Å². The van der Waals surface area contributed by atoms with Crippen LogP contribution in [0.2, 0.25) is 0 Å². The fraction of sp³-hybridized carbons (Fsp3) is 0.154. The lowest BCUT2D eigenvalue weighted by Gasteiger charge is -2.07. The average Bonchev–Trinajstić information content (AvgIpc) is 2.83. The van der Waals surface area contributed by atoms with Gasteiger partial charge in [0.1, 0.15) is 17.6 Å². The first-order valence-electron chi connectivity index (χ1n) is 5.28. The van der Waals surface area contributed by atoms with E-state index in [1.807, 2.05) is 24.3 Å². The maximum absolute atomic E-state index is 8.65. The molecule has 0 amide bonds. The van der Waals surface area contributed by atoms with Gasteiger partial charge in [0.05, 0.1) is 13.7 Å². The molecule has 0 spiro atoms. The minimum atomic E-state index is 0.318. The van der Waals surface area contributed by atoms with Crippen LogP contribution in [0.4, 0.5) is 5.69 Å². The van der Waals surface area contributed by atoms with Crippen LogP contribution >= 0.6 is 15.9 Å². The van der Waals surface area contributed by atoms with Gasteiger partial charge in [0, 0.05) is 16.2 Å². The predicted octanol–water partition coefficient (Wildman–Crippen LogP) is 3.53. The van der Waals surface area contributed by atoms with Crippen LogP contribution in [-0.2, 0) is 6.54 Å². The van der Waals surface area contributed by atoms with Crippen LogP contribution < -0.4 is 10.1 Å². The lowest BCUT2D eigenvalue weighted by atomic mass is 10.3. The van der Waals surface area contributed by atoms with Gasteiger partial charge in [0.25, 0.3) is 0 Å². The van der Waals surface area contributed by atoms with Gasteiger partial charge in [0.15, 0.2) is 0 Å². The highest BCUT2D eigenvalue weighted by Gasteiger charge is 2.03. The zero-order valence-electron chi connectivity index (χ0n) is 9.74. The fourth-order valence-electron chi connectivity index (χ4n) is 1.50. The Kier molecular flexibility index (Phi) is 3.90. The zero-order chi connectivity index (χ0) is 13.0. The molecule has 1 heterocycles. The van der Waals surface area contributed by atoms with Crippen molar-refractivity contribution in [2.24, 2.45) is 0 Å². The van der Waals surface area contributed by atoms with Crippen LogP contribution in [0.1, 0.15) is 11.5 Å². The van der Waals surface area contributed by atoms with Crippen molar-refractivity contribution in [1.82, 2.24) is 0 Å². The van der Waals surface area contributed by atoms with E-state index in [0.29, 0.717) is 18.1 Å². The van der Waals surface area contributed by atoms with Crippen molar-refractivity contribution < 1.29 is 9.15 Å². The molecule has 0 fully saturated rings. The Morgan fingerprint density at radius 2 is 2.22 bits per heavy atom. The van der Waals surface area contributed by atoms with Crippen LogP contribution in [0.15, 0.2) is 39.2 Å². The van der Waals surface area contributed by atoms with Gasteiger partial charge < -0.3 is 14.5 Å². The molecule has 0 bridgehead atoms. The molecule has 2 aromatic rings. The highest BCUT2D eigenvalue weighted by atomic mass is 79.9. The predicted molar refractivity (Wildman–Crippen MR) is 71.4 cm³/mol. The molecule has 0 radical (unpaired) electrons. The van der Waals surface area contributed by atoms with E-state index in [-0.39, 0.29) is 0 Å². The molecule has 2 rings (SSSR count). The highest BCUT2D eigenvalue weighted by molar-refractivity contribution is 9.10. The maximum atomic E-state index is 8.65. The van der Waals surface area contributed by atoms with Gasteiger partial charge in [0.2, 0.25) is 5.76 Å². The summed E-state index contributed by atoms with van der Waals surface area (Å²) in [6.07, 6.45) is 0. The Balaban J connectivity index is 2.06. The van der Waals surface area contributed by atoms with E-state index in [4.69, 9.17) is 14.4 Å². The molecule has 0 aliphatic rings. The number of halogens is 1. The molecule has 1 aromatic heterocycles. The van der Waals surface area contributed by atoms with E-state index in [2.05, 4.69) is 21.2 Å². The van der Waals surface area contributed by atoms with Crippen molar-refractivity contribution in [2.75, 3.05) is 12.4 Å². The largest absolute Gasteiger partial charge is 0.497 e. The monoisotopic (exact) mass is 306 g/mol. The second-order valence-corrected chi connectivity index (χ2v) is 4.53. The second kappa shape index (κ2) is 5.61. The summed E-state index contributed by atoms with van der Waals surface area (Å²) in [4.78, 5) is 0. The first kappa shape index (κ1) is 12.5. The highest BCUT2D eigenvalue weighted by Crippen LogP contribution is 2.24. The van der Waals surface area contributed by atoms with Gasteiger partial charge >= 0.3 is 0 Å². The van der Waals surface area contributed by atoms with E-state index < -0.39 is 0 Å². The molecule has 4 nitrogen and oxygen atoms in total. The summed E-state index contributed by atoms with van der Waals surface area (Å²) >= 11 is 3.41. The number of methoxy groups -OCH3 is 1. The maximum Gasteiger partial charge on any atom is 0.203 e. The van der Waals surface area contributed by atoms with Crippen LogP contribution in [0.25, 0.3) is 0 Å². The number of nitriles is 1. The second-order valence-electron chi connectivity index (χ2n) is 3.61. The van der Waals surface area contributed by atoms with Crippen molar-refractivity contribution in [3.8, 4) is 11.8 Å². The lowest BCUT2D eigenvalue weighted by molar-refractivity contribution is 0.414. The molecule has 5 heteroatoms. The van der Waals surface area contributed by atoms with E-state index in [1.165, 1.54) is 0 Å². The Bertz CT molecular complexity index is 587. The lowest BCUT2D eigenvalue weighted by Crippen LogP contribution is -1.98. The van der Waals surface area contributed by atoms with Crippen molar-refractivity contribution >= 4 is 21.6 Å². The first-order chi connectivity index (χ1) is 8.71. The minimum absolute atomic E-state index is 0.318. The van der Waals surface area contributed by atoms with Crippen molar-refractivity contribution in [3.63, 3.8) is 0 Å². The SMILES string of the molecule is COc1cc(Br)cc(NCc2ccc(C#N)o2)c1. The van der Waals surface area contributed by atoms with Gasteiger partial charge in [-0.15, -0.1) is 0 Å². The topological polar surface area (TPSA) is 58.2 Å². The Morgan fingerprint density at radius 3 is 2.89 bits per heavy atom. The molecule has 0 saturated heterocycles. The van der Waals surface area contributed by atoms with E-state index >= 15 is 0 Å². The Labute approximate surface area is 113 Å². The number of benzene rings is 1. The summed E-state index contributed by atoms with van der Waals surface area (Å²) in [5, 5.41) is 11.9. The number of hydrogen-bond donors (Lipinski definition) is 1. The molecule has 0 saturated carbocycles. The third-order valence-electron chi connectivity index (χ3n) is 2.35. The van der Waals surface area contributed by atoms with Gasteiger partial charge in [-0.2, -0.15) is 5.26 Å².